The summed E-state index contributed by atoms with van der Waals surface area (Å²) in [5.41, 5.74) is 5.45. The van der Waals surface area contributed by atoms with Crippen molar-refractivity contribution in [2.24, 2.45) is 0 Å². The summed E-state index contributed by atoms with van der Waals surface area (Å²) in [6.45, 7) is 0. The van der Waals surface area contributed by atoms with Crippen LogP contribution in [0.1, 0.15) is 0 Å². The molecule has 0 saturated heterocycles. The van der Waals surface area contributed by atoms with Crippen LogP contribution in [0, 0.1) is 0 Å². The summed E-state index contributed by atoms with van der Waals surface area (Å²) < 4.78 is 16.0. The fraction of sp³-hybridized carbons (Fsp3) is 0.167. The fourth-order valence-corrected chi connectivity index (χ4v) is 1.41. The van der Waals surface area contributed by atoms with Crippen LogP contribution < -0.4 is 19.9 Å². The molecule has 0 amide bonds. The number of nitrogens with two attached hydrogens (primary N) is 1. The topological polar surface area (TPSA) is 79.5 Å². The predicted octanol–water partition coefficient (Wildman–Crippen LogP) is 1.87. The minimum atomic E-state index is 0.312. The predicted molar refractivity (Wildman–Crippen MR) is 66.1 cm³/mol. The van der Waals surface area contributed by atoms with Crippen molar-refractivity contribution in [3.05, 3.63) is 30.3 Å². The molecular formula is C12H13N3O3. The van der Waals surface area contributed by atoms with Crippen molar-refractivity contribution in [3.63, 3.8) is 0 Å². The third kappa shape index (κ3) is 2.42. The van der Waals surface area contributed by atoms with Crippen LogP contribution in [0.2, 0.25) is 0 Å². The van der Waals surface area contributed by atoms with Crippen molar-refractivity contribution in [2.45, 2.75) is 0 Å². The molecule has 0 spiro atoms. The highest BCUT2D eigenvalue weighted by atomic mass is 16.5. The lowest BCUT2D eigenvalue weighted by molar-refractivity contribution is 0.340. The molecule has 1 heterocycles. The van der Waals surface area contributed by atoms with Gasteiger partial charge in [0.1, 0.15) is 5.82 Å². The number of nitrogen functional groups attached to an aromatic ring is 1. The van der Waals surface area contributed by atoms with Gasteiger partial charge in [0.25, 0.3) is 0 Å². The number of para-hydroxylation sites is 1. The van der Waals surface area contributed by atoms with E-state index in [1.54, 1.807) is 44.6 Å². The minimum absolute atomic E-state index is 0.312. The Morgan fingerprint density at radius 2 is 1.61 bits per heavy atom. The first-order valence-corrected chi connectivity index (χ1v) is 5.22. The summed E-state index contributed by atoms with van der Waals surface area (Å²) in [5, 5.41) is 7.52. The Morgan fingerprint density at radius 3 is 2.11 bits per heavy atom. The van der Waals surface area contributed by atoms with Crippen molar-refractivity contribution in [1.29, 1.82) is 0 Å². The summed E-state index contributed by atoms with van der Waals surface area (Å²) in [6.07, 6.45) is 0. The van der Waals surface area contributed by atoms with Gasteiger partial charge < -0.3 is 19.9 Å². The number of rotatable bonds is 4. The molecule has 6 nitrogen and oxygen atoms in total. The third-order valence-corrected chi connectivity index (χ3v) is 2.25. The van der Waals surface area contributed by atoms with Gasteiger partial charge in [0.15, 0.2) is 11.5 Å². The molecule has 18 heavy (non-hydrogen) atoms. The Labute approximate surface area is 104 Å². The summed E-state index contributed by atoms with van der Waals surface area (Å²) in [4.78, 5) is 0. The maximum absolute atomic E-state index is 5.60. The van der Waals surface area contributed by atoms with Crippen LogP contribution in [0.15, 0.2) is 30.3 Å². The number of methoxy groups -OCH3 is 2. The normalized spacial score (nSPS) is 9.89. The molecule has 0 aliphatic carbocycles. The van der Waals surface area contributed by atoms with Gasteiger partial charge in [0.2, 0.25) is 11.6 Å². The number of benzene rings is 1. The number of ether oxygens (including phenoxy) is 3. The van der Waals surface area contributed by atoms with Crippen molar-refractivity contribution in [2.75, 3.05) is 20.0 Å². The van der Waals surface area contributed by atoms with E-state index >= 15 is 0 Å². The molecule has 0 aliphatic rings. The maximum Gasteiger partial charge on any atom is 0.239 e. The molecule has 94 valence electrons. The van der Waals surface area contributed by atoms with Gasteiger partial charge in [-0.2, -0.15) is 0 Å². The molecule has 0 aliphatic heterocycles. The van der Waals surface area contributed by atoms with Gasteiger partial charge in [-0.1, -0.05) is 6.07 Å². The van der Waals surface area contributed by atoms with Crippen LogP contribution in [-0.2, 0) is 0 Å². The number of hydrogen-bond donors (Lipinski definition) is 1. The highest BCUT2D eigenvalue weighted by Crippen LogP contribution is 2.39. The fourth-order valence-electron chi connectivity index (χ4n) is 1.41. The largest absolute Gasteiger partial charge is 0.493 e. The molecular weight excluding hydrogens is 234 g/mol. The lowest BCUT2D eigenvalue weighted by atomic mass is 10.3. The molecule has 0 bridgehead atoms. The molecule has 0 atom stereocenters. The van der Waals surface area contributed by atoms with Crippen LogP contribution in [0.3, 0.4) is 0 Å². The lowest BCUT2D eigenvalue weighted by Gasteiger charge is -2.12. The smallest absolute Gasteiger partial charge is 0.239 e. The standard InChI is InChI=1S/C12H13N3O3/c1-16-8-4-3-5-9(17-2)12(8)18-11-7-6-10(13)14-15-11/h3-7H,1-2H3,(H2,13,14). The average Bonchev–Trinajstić information content (AvgIpc) is 2.41. The molecule has 0 unspecified atom stereocenters. The Bertz CT molecular complexity index is 506. The second-order valence-electron chi connectivity index (χ2n) is 3.39. The van der Waals surface area contributed by atoms with E-state index in [4.69, 9.17) is 19.9 Å². The zero-order chi connectivity index (χ0) is 13.0. The Morgan fingerprint density at radius 1 is 0.944 bits per heavy atom. The lowest BCUT2D eigenvalue weighted by Crippen LogP contribution is -1.98. The first kappa shape index (κ1) is 12.0. The molecule has 2 aromatic rings. The van der Waals surface area contributed by atoms with E-state index in [1.165, 1.54) is 0 Å². The molecule has 2 N–H and O–H groups in total. The van der Waals surface area contributed by atoms with Crippen LogP contribution in [0.5, 0.6) is 23.1 Å². The average molecular weight is 247 g/mol. The van der Waals surface area contributed by atoms with Gasteiger partial charge in [-0.25, -0.2) is 0 Å². The van der Waals surface area contributed by atoms with Crippen LogP contribution in [0.25, 0.3) is 0 Å². The molecule has 1 aromatic carbocycles. The summed E-state index contributed by atoms with van der Waals surface area (Å²) in [7, 11) is 3.10. The minimum Gasteiger partial charge on any atom is -0.493 e. The zero-order valence-electron chi connectivity index (χ0n) is 10.1. The van der Waals surface area contributed by atoms with E-state index in [9.17, 15) is 0 Å². The number of nitrogens with zero attached hydrogens (tertiary/aromatic N) is 2. The summed E-state index contributed by atoms with van der Waals surface area (Å²) in [5.74, 6) is 2.18. The van der Waals surface area contributed by atoms with Crippen LogP contribution in [0.4, 0.5) is 5.82 Å². The summed E-state index contributed by atoms with van der Waals surface area (Å²) >= 11 is 0. The third-order valence-electron chi connectivity index (χ3n) is 2.25. The highest BCUT2D eigenvalue weighted by Gasteiger charge is 2.13. The first-order valence-electron chi connectivity index (χ1n) is 5.22. The van der Waals surface area contributed by atoms with E-state index in [1.807, 2.05) is 0 Å². The number of hydrogen-bond acceptors (Lipinski definition) is 6. The van der Waals surface area contributed by atoms with Gasteiger partial charge in [-0.15, -0.1) is 10.2 Å². The second-order valence-corrected chi connectivity index (χ2v) is 3.39. The van der Waals surface area contributed by atoms with Crippen LogP contribution >= 0.6 is 0 Å². The SMILES string of the molecule is COc1cccc(OC)c1Oc1ccc(N)nn1. The monoisotopic (exact) mass is 247 g/mol. The second kappa shape index (κ2) is 5.22. The zero-order valence-corrected chi connectivity index (χ0v) is 10.1. The van der Waals surface area contributed by atoms with E-state index in [0.717, 1.165) is 0 Å². The van der Waals surface area contributed by atoms with Gasteiger partial charge in [-0.3, -0.25) is 0 Å². The van der Waals surface area contributed by atoms with Crippen molar-refractivity contribution < 1.29 is 14.2 Å². The first-order chi connectivity index (χ1) is 8.74. The molecule has 0 fully saturated rings. The molecule has 2 rings (SSSR count). The quantitative estimate of drug-likeness (QED) is 0.888. The Balaban J connectivity index is 2.35. The van der Waals surface area contributed by atoms with Gasteiger partial charge >= 0.3 is 0 Å². The molecule has 0 saturated carbocycles. The maximum atomic E-state index is 5.60. The van der Waals surface area contributed by atoms with Crippen molar-refractivity contribution in [1.82, 2.24) is 10.2 Å². The van der Waals surface area contributed by atoms with E-state index in [0.29, 0.717) is 28.9 Å². The van der Waals surface area contributed by atoms with E-state index < -0.39 is 0 Å². The molecule has 0 radical (unpaired) electrons. The number of aromatic nitrogens is 2. The molecule has 1 aromatic heterocycles. The van der Waals surface area contributed by atoms with Crippen LogP contribution in [-0.4, -0.2) is 24.4 Å². The van der Waals surface area contributed by atoms with Crippen molar-refractivity contribution in [3.8, 4) is 23.1 Å². The number of anilines is 1. The van der Waals surface area contributed by atoms with E-state index in [-0.39, 0.29) is 0 Å². The van der Waals surface area contributed by atoms with Gasteiger partial charge in [-0.05, 0) is 18.2 Å². The van der Waals surface area contributed by atoms with Gasteiger partial charge in [0, 0.05) is 6.07 Å². The summed E-state index contributed by atoms with van der Waals surface area (Å²) in [6, 6.07) is 8.56. The Kier molecular flexibility index (Phi) is 3.47. The molecule has 6 heteroatoms. The van der Waals surface area contributed by atoms with Gasteiger partial charge in [0.05, 0.1) is 14.2 Å². The highest BCUT2D eigenvalue weighted by molar-refractivity contribution is 5.52. The Hall–Kier alpha value is -2.50. The van der Waals surface area contributed by atoms with Crippen molar-refractivity contribution >= 4 is 5.82 Å². The van der Waals surface area contributed by atoms with E-state index in [2.05, 4.69) is 10.2 Å².